The highest BCUT2D eigenvalue weighted by Gasteiger charge is 2.31. The number of ether oxygens (including phenoxy) is 1. The van der Waals surface area contributed by atoms with E-state index in [2.05, 4.69) is 0 Å². The van der Waals surface area contributed by atoms with Crippen molar-refractivity contribution in [2.45, 2.75) is 58.8 Å². The molecule has 0 aliphatic rings. The van der Waals surface area contributed by atoms with Crippen LogP contribution in [-0.2, 0) is 9.53 Å². The second kappa shape index (κ2) is 5.72. The Kier molecular flexibility index (Phi) is 5.70. The third-order valence-corrected chi connectivity index (χ3v) is 3.64. The molecule has 4 heteroatoms. The third-order valence-electron chi connectivity index (χ3n) is 2.17. The maximum Gasteiger partial charge on any atom is 0.194 e. The number of hydrogen-bond acceptors (Lipinski definition) is 4. The van der Waals surface area contributed by atoms with Crippen LogP contribution in [0.3, 0.4) is 0 Å². The van der Waals surface area contributed by atoms with E-state index in [0.717, 1.165) is 0 Å². The van der Waals surface area contributed by atoms with E-state index < -0.39 is 5.60 Å². The average Bonchev–Trinajstić information content (AvgIpc) is 2.13. The molecule has 0 aromatic rings. The smallest absolute Gasteiger partial charge is 0.194 e. The lowest BCUT2D eigenvalue weighted by Gasteiger charge is -2.31. The second-order valence-corrected chi connectivity index (χ2v) is 8.29. The summed E-state index contributed by atoms with van der Waals surface area (Å²) in [7, 11) is 0. The molecule has 17 heavy (non-hydrogen) atoms. The molecule has 0 aliphatic heterocycles. The van der Waals surface area contributed by atoms with Crippen LogP contribution >= 0.6 is 11.8 Å². The molecule has 0 fully saturated rings. The highest BCUT2D eigenvalue weighted by atomic mass is 32.2. The Morgan fingerprint density at radius 2 is 1.59 bits per heavy atom. The Morgan fingerprint density at radius 3 is 1.94 bits per heavy atom. The number of hydrogen-bond donors (Lipinski definition) is 1. The number of rotatable bonds is 5. The third kappa shape index (κ3) is 7.06. The van der Waals surface area contributed by atoms with Gasteiger partial charge in [-0.15, -0.1) is 0 Å². The van der Waals surface area contributed by atoms with Gasteiger partial charge in [0.15, 0.2) is 5.12 Å². The fourth-order valence-electron chi connectivity index (χ4n) is 0.848. The molecule has 0 saturated heterocycles. The summed E-state index contributed by atoms with van der Waals surface area (Å²) in [6.45, 7) is 13.8. The molecule has 0 aromatic heterocycles. The first kappa shape index (κ1) is 16.9. The molecule has 0 radical (unpaired) electrons. The summed E-state index contributed by atoms with van der Waals surface area (Å²) in [6, 6.07) is 0. The molecular weight excluding hydrogens is 236 g/mol. The molecule has 0 saturated carbocycles. The zero-order valence-corrected chi connectivity index (χ0v) is 12.9. The van der Waals surface area contributed by atoms with E-state index in [4.69, 9.17) is 9.84 Å². The van der Waals surface area contributed by atoms with Crippen LogP contribution in [0.25, 0.3) is 0 Å². The van der Waals surface area contributed by atoms with Crippen molar-refractivity contribution in [1.29, 1.82) is 0 Å². The summed E-state index contributed by atoms with van der Waals surface area (Å²) in [5.41, 5.74) is -0.892. The zero-order valence-electron chi connectivity index (χ0n) is 12.1. The Morgan fingerprint density at radius 1 is 1.12 bits per heavy atom. The molecule has 0 unspecified atom stereocenters. The largest absolute Gasteiger partial charge is 0.393 e. The fourth-order valence-corrected chi connectivity index (χ4v) is 1.77. The Bertz CT molecular complexity index is 264. The van der Waals surface area contributed by atoms with Gasteiger partial charge in [0.1, 0.15) is 0 Å². The monoisotopic (exact) mass is 262 g/mol. The number of aliphatic hydroxyl groups excluding tert-OH is 1. The minimum Gasteiger partial charge on any atom is -0.393 e. The van der Waals surface area contributed by atoms with Crippen LogP contribution in [0.4, 0.5) is 0 Å². The van der Waals surface area contributed by atoms with Crippen molar-refractivity contribution < 1.29 is 14.6 Å². The average molecular weight is 262 g/mol. The van der Waals surface area contributed by atoms with Gasteiger partial charge in [0.25, 0.3) is 0 Å². The molecule has 0 heterocycles. The molecule has 0 spiro atoms. The van der Waals surface area contributed by atoms with Crippen LogP contribution < -0.4 is 0 Å². The van der Waals surface area contributed by atoms with E-state index >= 15 is 0 Å². The summed E-state index contributed by atoms with van der Waals surface area (Å²) >= 11 is 1.31. The molecule has 0 aliphatic carbocycles. The van der Waals surface area contributed by atoms with Crippen LogP contribution in [0.15, 0.2) is 0 Å². The number of thioether (sulfide) groups is 1. The first-order chi connectivity index (χ1) is 7.40. The Balaban J connectivity index is 4.36. The van der Waals surface area contributed by atoms with Crippen molar-refractivity contribution in [2.24, 2.45) is 5.41 Å². The highest BCUT2D eigenvalue weighted by molar-refractivity contribution is 8.14. The van der Waals surface area contributed by atoms with E-state index in [1.54, 1.807) is 0 Å². The van der Waals surface area contributed by atoms with Crippen molar-refractivity contribution in [3.63, 3.8) is 0 Å². The molecule has 0 amide bonds. The lowest BCUT2D eigenvalue weighted by molar-refractivity contribution is -0.117. The van der Waals surface area contributed by atoms with Crippen molar-refractivity contribution in [2.75, 3.05) is 13.2 Å². The summed E-state index contributed by atoms with van der Waals surface area (Å²) in [5.74, 6) is 0. The van der Waals surface area contributed by atoms with Crippen LogP contribution in [-0.4, -0.2) is 33.8 Å². The van der Waals surface area contributed by atoms with Crippen molar-refractivity contribution in [3.8, 4) is 0 Å². The summed E-state index contributed by atoms with van der Waals surface area (Å²) in [5, 5.41) is 9.26. The van der Waals surface area contributed by atoms with Gasteiger partial charge in [0.05, 0.1) is 18.8 Å². The topological polar surface area (TPSA) is 46.5 Å². The van der Waals surface area contributed by atoms with Crippen LogP contribution in [0.1, 0.15) is 48.5 Å². The predicted octanol–water partition coefficient (Wildman–Crippen LogP) is 2.86. The van der Waals surface area contributed by atoms with Crippen molar-refractivity contribution in [1.82, 2.24) is 0 Å². The maximum atomic E-state index is 11.9. The molecular formula is C13H26O3S. The molecule has 102 valence electrons. The molecule has 3 nitrogen and oxygen atoms in total. The first-order valence-corrected chi connectivity index (χ1v) is 6.70. The van der Waals surface area contributed by atoms with Gasteiger partial charge in [-0.1, -0.05) is 32.5 Å². The molecule has 1 N–H and O–H groups in total. The van der Waals surface area contributed by atoms with Crippen LogP contribution in [0.2, 0.25) is 0 Å². The fraction of sp³-hybridized carbons (Fsp3) is 0.923. The molecule has 0 rings (SSSR count). The molecule has 0 aromatic carbocycles. The number of carbonyl (C=O) groups excluding carboxylic acids is 1. The van der Waals surface area contributed by atoms with Gasteiger partial charge >= 0.3 is 0 Å². The molecule has 0 atom stereocenters. The van der Waals surface area contributed by atoms with Crippen molar-refractivity contribution in [3.05, 3.63) is 0 Å². The minimum atomic E-state index is -0.553. The SMILES string of the molecule is CC(C)(CO)OCC(C)(C)SC(=O)C(C)(C)C. The van der Waals surface area contributed by atoms with Gasteiger partial charge in [-0.2, -0.15) is 0 Å². The standard InChI is InChI=1S/C13H26O3S/c1-11(2,3)10(15)17-13(6,7)9-16-12(4,5)8-14/h14H,8-9H2,1-7H3. The quantitative estimate of drug-likeness (QED) is 0.827. The lowest BCUT2D eigenvalue weighted by Crippen LogP contribution is -2.36. The van der Waals surface area contributed by atoms with E-state index in [-0.39, 0.29) is 21.9 Å². The first-order valence-electron chi connectivity index (χ1n) is 5.88. The van der Waals surface area contributed by atoms with Gasteiger partial charge < -0.3 is 9.84 Å². The normalized spacial score (nSPS) is 13.9. The summed E-state index contributed by atoms with van der Waals surface area (Å²) in [4.78, 5) is 11.9. The second-order valence-electron chi connectivity index (χ2n) is 6.61. The van der Waals surface area contributed by atoms with Gasteiger partial charge in [-0.05, 0) is 27.7 Å². The zero-order chi connectivity index (χ0) is 13.9. The maximum absolute atomic E-state index is 11.9. The highest BCUT2D eigenvalue weighted by Crippen LogP contribution is 2.33. The number of carbonyl (C=O) groups is 1. The van der Waals surface area contributed by atoms with E-state index in [9.17, 15) is 4.79 Å². The van der Waals surface area contributed by atoms with E-state index in [1.807, 2.05) is 48.5 Å². The summed E-state index contributed by atoms with van der Waals surface area (Å²) in [6.07, 6.45) is 0. The van der Waals surface area contributed by atoms with E-state index in [1.165, 1.54) is 11.8 Å². The van der Waals surface area contributed by atoms with Crippen LogP contribution in [0, 0.1) is 5.41 Å². The van der Waals surface area contributed by atoms with Crippen molar-refractivity contribution >= 4 is 16.9 Å². The predicted molar refractivity (Wildman–Crippen MR) is 73.2 cm³/mol. The molecule has 0 bridgehead atoms. The van der Waals surface area contributed by atoms with Gasteiger partial charge in [-0.25, -0.2) is 0 Å². The Labute approximate surface area is 109 Å². The van der Waals surface area contributed by atoms with E-state index in [0.29, 0.717) is 6.61 Å². The summed E-state index contributed by atoms with van der Waals surface area (Å²) < 4.78 is 5.35. The van der Waals surface area contributed by atoms with Gasteiger partial charge in [0.2, 0.25) is 0 Å². The number of aliphatic hydroxyl groups is 1. The Hall–Kier alpha value is -0.0600. The van der Waals surface area contributed by atoms with Gasteiger partial charge in [-0.3, -0.25) is 4.79 Å². The van der Waals surface area contributed by atoms with Gasteiger partial charge in [0, 0.05) is 10.2 Å². The minimum absolute atomic E-state index is 0.0268. The van der Waals surface area contributed by atoms with Crippen LogP contribution in [0.5, 0.6) is 0 Å². The lowest BCUT2D eigenvalue weighted by atomic mass is 9.99.